The van der Waals surface area contributed by atoms with Crippen molar-refractivity contribution in [3.63, 3.8) is 0 Å². The number of sulfonamides is 1. The fourth-order valence-electron chi connectivity index (χ4n) is 1.47. The first-order valence-electron chi connectivity index (χ1n) is 5.39. The molecule has 0 aliphatic carbocycles. The van der Waals surface area contributed by atoms with Crippen molar-refractivity contribution >= 4 is 21.7 Å². The molecule has 19 heavy (non-hydrogen) atoms. The minimum absolute atomic E-state index is 0.0790. The first kappa shape index (κ1) is 13.2. The number of anilines is 2. The van der Waals surface area contributed by atoms with Crippen molar-refractivity contribution in [2.75, 3.05) is 11.1 Å². The third-order valence-electron chi connectivity index (χ3n) is 2.44. The average Bonchev–Trinajstić information content (AvgIpc) is 2.37. The molecule has 1 aromatic heterocycles. The Hall–Kier alpha value is -2.19. The highest BCUT2D eigenvalue weighted by Gasteiger charge is 2.07. The van der Waals surface area contributed by atoms with Gasteiger partial charge in [-0.2, -0.15) is 0 Å². The number of hydrogen-bond donors (Lipinski definition) is 3. The van der Waals surface area contributed by atoms with Gasteiger partial charge in [-0.3, -0.25) is 0 Å². The molecule has 0 saturated heterocycles. The van der Waals surface area contributed by atoms with Crippen LogP contribution < -0.4 is 16.2 Å². The highest BCUT2D eigenvalue weighted by Crippen LogP contribution is 2.13. The molecule has 1 aromatic carbocycles. The summed E-state index contributed by atoms with van der Waals surface area (Å²) < 4.78 is 22.2. The van der Waals surface area contributed by atoms with Gasteiger partial charge in [0.15, 0.2) is 11.6 Å². The van der Waals surface area contributed by atoms with E-state index in [9.17, 15) is 8.42 Å². The van der Waals surface area contributed by atoms with E-state index in [4.69, 9.17) is 10.9 Å². The summed E-state index contributed by atoms with van der Waals surface area (Å²) in [6.07, 6.45) is 3.03. The summed E-state index contributed by atoms with van der Waals surface area (Å²) in [5, 5.41) is 8.02. The number of nitrogens with zero attached hydrogens (tertiary/aromatic N) is 2. The number of nitrogen functional groups attached to an aromatic ring is 1. The second kappa shape index (κ2) is 5.21. The van der Waals surface area contributed by atoms with Crippen molar-refractivity contribution in [2.24, 2.45) is 5.14 Å². The van der Waals surface area contributed by atoms with Crippen molar-refractivity contribution in [1.82, 2.24) is 9.97 Å². The number of nitrogens with one attached hydrogen (secondary N) is 1. The minimum Gasteiger partial charge on any atom is -0.381 e. The van der Waals surface area contributed by atoms with Gasteiger partial charge >= 0.3 is 0 Å². The second-order valence-electron chi connectivity index (χ2n) is 3.83. The van der Waals surface area contributed by atoms with E-state index in [2.05, 4.69) is 15.3 Å². The zero-order valence-electron chi connectivity index (χ0n) is 9.95. The molecule has 2 rings (SSSR count). The summed E-state index contributed by atoms with van der Waals surface area (Å²) in [5.41, 5.74) is 6.51. The molecule has 0 saturated carbocycles. The van der Waals surface area contributed by atoms with E-state index < -0.39 is 10.0 Å². The molecule has 0 aliphatic heterocycles. The maximum atomic E-state index is 11.1. The van der Waals surface area contributed by atoms with Crippen LogP contribution in [0.2, 0.25) is 0 Å². The number of primary sulfonamides is 1. The van der Waals surface area contributed by atoms with Crippen LogP contribution in [0.4, 0.5) is 11.6 Å². The van der Waals surface area contributed by atoms with Crippen molar-refractivity contribution in [3.8, 4) is 0 Å². The van der Waals surface area contributed by atoms with Crippen molar-refractivity contribution < 1.29 is 8.42 Å². The summed E-state index contributed by atoms with van der Waals surface area (Å²) in [6, 6.07) is 6.23. The van der Waals surface area contributed by atoms with Crippen molar-refractivity contribution in [1.29, 1.82) is 0 Å². The molecular weight excluding hydrogens is 266 g/mol. The van der Waals surface area contributed by atoms with Gasteiger partial charge < -0.3 is 11.1 Å². The Labute approximate surface area is 110 Å². The lowest BCUT2D eigenvalue weighted by molar-refractivity contribution is 0.598. The van der Waals surface area contributed by atoms with E-state index in [1.54, 1.807) is 12.1 Å². The van der Waals surface area contributed by atoms with Crippen LogP contribution in [-0.4, -0.2) is 18.4 Å². The molecule has 0 atom stereocenters. The number of hydrogen-bond acceptors (Lipinski definition) is 6. The molecule has 0 unspecified atom stereocenters. The van der Waals surface area contributed by atoms with Gasteiger partial charge in [0.25, 0.3) is 0 Å². The van der Waals surface area contributed by atoms with E-state index in [0.717, 1.165) is 5.56 Å². The maximum absolute atomic E-state index is 11.1. The van der Waals surface area contributed by atoms with Crippen LogP contribution in [0.3, 0.4) is 0 Å². The Bertz CT molecular complexity index is 670. The van der Waals surface area contributed by atoms with Gasteiger partial charge in [0.2, 0.25) is 10.0 Å². The van der Waals surface area contributed by atoms with E-state index >= 15 is 0 Å². The van der Waals surface area contributed by atoms with Crippen LogP contribution in [0.5, 0.6) is 0 Å². The second-order valence-corrected chi connectivity index (χ2v) is 5.39. The lowest BCUT2D eigenvalue weighted by Gasteiger charge is -2.07. The maximum Gasteiger partial charge on any atom is 0.238 e. The predicted molar refractivity (Wildman–Crippen MR) is 71.6 cm³/mol. The van der Waals surface area contributed by atoms with Gasteiger partial charge in [0, 0.05) is 18.9 Å². The summed E-state index contributed by atoms with van der Waals surface area (Å²) in [7, 11) is -3.66. The van der Waals surface area contributed by atoms with Gasteiger partial charge in [-0.05, 0) is 17.7 Å². The highest BCUT2D eigenvalue weighted by atomic mass is 32.2. The Morgan fingerprint density at radius 3 is 2.32 bits per heavy atom. The summed E-state index contributed by atoms with van der Waals surface area (Å²) in [4.78, 5) is 8.01. The number of rotatable bonds is 4. The normalized spacial score (nSPS) is 11.2. The van der Waals surface area contributed by atoms with Crippen LogP contribution >= 0.6 is 0 Å². The largest absolute Gasteiger partial charge is 0.381 e. The van der Waals surface area contributed by atoms with E-state index in [1.807, 2.05) is 0 Å². The van der Waals surface area contributed by atoms with E-state index in [-0.39, 0.29) is 4.90 Å². The van der Waals surface area contributed by atoms with E-state index in [0.29, 0.717) is 18.2 Å². The molecule has 5 N–H and O–H groups in total. The first-order chi connectivity index (χ1) is 8.97. The lowest BCUT2D eigenvalue weighted by atomic mass is 10.2. The molecule has 8 heteroatoms. The first-order valence-corrected chi connectivity index (χ1v) is 6.93. The SMILES string of the molecule is Nc1nccnc1NCc1ccc(S(N)(=O)=O)cc1. The molecule has 0 aliphatic rings. The fourth-order valence-corrected chi connectivity index (χ4v) is 1.98. The molecular formula is C11H13N5O2S. The number of aromatic nitrogens is 2. The van der Waals surface area contributed by atoms with Crippen molar-refractivity contribution in [3.05, 3.63) is 42.2 Å². The van der Waals surface area contributed by atoms with Crippen LogP contribution in [0.25, 0.3) is 0 Å². The lowest BCUT2D eigenvalue weighted by Crippen LogP contribution is -2.12. The van der Waals surface area contributed by atoms with Crippen LogP contribution in [0.1, 0.15) is 5.56 Å². The van der Waals surface area contributed by atoms with Gasteiger partial charge in [-0.1, -0.05) is 12.1 Å². The minimum atomic E-state index is -3.66. The third-order valence-corrected chi connectivity index (χ3v) is 3.37. The highest BCUT2D eigenvalue weighted by molar-refractivity contribution is 7.89. The molecule has 0 amide bonds. The summed E-state index contributed by atoms with van der Waals surface area (Å²) >= 11 is 0. The number of nitrogens with two attached hydrogens (primary N) is 2. The quantitative estimate of drug-likeness (QED) is 0.740. The van der Waals surface area contributed by atoms with Gasteiger partial charge in [0.1, 0.15) is 0 Å². The van der Waals surface area contributed by atoms with Crippen LogP contribution in [0, 0.1) is 0 Å². The zero-order chi connectivity index (χ0) is 13.9. The molecule has 100 valence electrons. The van der Waals surface area contributed by atoms with Gasteiger partial charge in [-0.25, -0.2) is 23.5 Å². The molecule has 1 heterocycles. The van der Waals surface area contributed by atoms with Crippen molar-refractivity contribution in [2.45, 2.75) is 11.4 Å². The Morgan fingerprint density at radius 2 is 1.74 bits per heavy atom. The molecule has 0 fully saturated rings. The van der Waals surface area contributed by atoms with Crippen LogP contribution in [-0.2, 0) is 16.6 Å². The summed E-state index contributed by atoms with van der Waals surface area (Å²) in [5.74, 6) is 0.793. The topological polar surface area (TPSA) is 124 Å². The molecule has 2 aromatic rings. The van der Waals surface area contributed by atoms with Crippen LogP contribution in [0.15, 0.2) is 41.6 Å². The van der Waals surface area contributed by atoms with Gasteiger partial charge in [0.05, 0.1) is 4.90 Å². The fraction of sp³-hybridized carbons (Fsp3) is 0.0909. The molecule has 0 spiro atoms. The standard InChI is InChI=1S/C11H13N5O2S/c12-10-11(15-6-5-14-10)16-7-8-1-3-9(4-2-8)19(13,17)18/h1-6H,7H2,(H2,12,14)(H,15,16)(H2,13,17,18). The monoisotopic (exact) mass is 279 g/mol. The molecule has 0 bridgehead atoms. The molecule has 7 nitrogen and oxygen atoms in total. The third kappa shape index (κ3) is 3.39. The Balaban J connectivity index is 2.07. The summed E-state index contributed by atoms with van der Waals surface area (Å²) in [6.45, 7) is 0.452. The Morgan fingerprint density at radius 1 is 1.11 bits per heavy atom. The molecule has 0 radical (unpaired) electrons. The van der Waals surface area contributed by atoms with Gasteiger partial charge in [-0.15, -0.1) is 0 Å². The predicted octanol–water partition coefficient (Wildman–Crippen LogP) is 0.318. The van der Waals surface area contributed by atoms with E-state index in [1.165, 1.54) is 24.5 Å². The zero-order valence-corrected chi connectivity index (χ0v) is 10.8. The Kier molecular flexibility index (Phi) is 3.63. The smallest absolute Gasteiger partial charge is 0.238 e. The average molecular weight is 279 g/mol. The number of benzene rings is 1.